The van der Waals surface area contributed by atoms with Crippen LogP contribution in [0.15, 0.2) is 36.8 Å². The summed E-state index contributed by atoms with van der Waals surface area (Å²) in [5, 5.41) is 0. The molecule has 18 heavy (non-hydrogen) atoms. The Kier molecular flexibility index (Phi) is 2.92. The van der Waals surface area contributed by atoms with Crippen molar-refractivity contribution in [2.75, 3.05) is 6.61 Å². The number of fused-ring (bicyclic) bond motifs is 1. The number of hydrogen-bond donors (Lipinski definition) is 2. The van der Waals surface area contributed by atoms with Gasteiger partial charge in [0.25, 0.3) is 0 Å². The molecule has 3 rings (SSSR count). The zero-order chi connectivity index (χ0) is 12.4. The predicted molar refractivity (Wildman–Crippen MR) is 66.8 cm³/mol. The van der Waals surface area contributed by atoms with Gasteiger partial charge >= 0.3 is 0 Å². The van der Waals surface area contributed by atoms with Crippen LogP contribution in [-0.2, 0) is 6.42 Å². The van der Waals surface area contributed by atoms with Crippen LogP contribution >= 0.6 is 0 Å². The van der Waals surface area contributed by atoms with Gasteiger partial charge in [-0.1, -0.05) is 18.2 Å². The molecule has 5 nitrogen and oxygen atoms in total. The number of nitrogens with zero attached hydrogens (tertiary/aromatic N) is 2. The molecule has 3 N–H and O–H groups in total. The Labute approximate surface area is 105 Å². The van der Waals surface area contributed by atoms with Crippen molar-refractivity contribution in [3.05, 3.63) is 53.6 Å². The average Bonchev–Trinajstić information content (AvgIpc) is 2.90. The zero-order valence-electron chi connectivity index (χ0n) is 9.84. The van der Waals surface area contributed by atoms with Crippen molar-refractivity contribution >= 4 is 0 Å². The summed E-state index contributed by atoms with van der Waals surface area (Å²) in [5.74, 6) is 6.59. The van der Waals surface area contributed by atoms with Crippen molar-refractivity contribution in [2.24, 2.45) is 5.84 Å². The summed E-state index contributed by atoms with van der Waals surface area (Å²) >= 11 is 0. The van der Waals surface area contributed by atoms with Crippen LogP contribution in [0.5, 0.6) is 5.75 Å². The van der Waals surface area contributed by atoms with E-state index in [1.54, 1.807) is 6.20 Å². The predicted octanol–water partition coefficient (Wildman–Crippen LogP) is 0.964. The minimum atomic E-state index is -0.180. The molecule has 0 saturated carbocycles. The zero-order valence-corrected chi connectivity index (χ0v) is 9.84. The second kappa shape index (κ2) is 4.72. The van der Waals surface area contributed by atoms with E-state index in [1.165, 1.54) is 11.9 Å². The first-order chi connectivity index (χ1) is 8.90. The minimum Gasteiger partial charge on any atom is -0.493 e. The molecule has 0 radical (unpaired) electrons. The van der Waals surface area contributed by atoms with Gasteiger partial charge in [0.15, 0.2) is 0 Å². The van der Waals surface area contributed by atoms with Gasteiger partial charge in [0.1, 0.15) is 12.1 Å². The van der Waals surface area contributed by atoms with Gasteiger partial charge in [-0.05, 0) is 11.6 Å². The van der Waals surface area contributed by atoms with Crippen LogP contribution in [0, 0.1) is 0 Å². The van der Waals surface area contributed by atoms with Gasteiger partial charge in [-0.15, -0.1) is 0 Å². The first kappa shape index (κ1) is 11.1. The number of hydrogen-bond acceptors (Lipinski definition) is 5. The van der Waals surface area contributed by atoms with Crippen molar-refractivity contribution in [1.29, 1.82) is 0 Å². The van der Waals surface area contributed by atoms with Gasteiger partial charge in [0, 0.05) is 18.2 Å². The van der Waals surface area contributed by atoms with Crippen LogP contribution in [0.2, 0.25) is 0 Å². The Morgan fingerprint density at radius 1 is 1.33 bits per heavy atom. The SMILES string of the molecule is NNC(c1ccncn1)c1cccc2c1OCC2. The third-order valence-corrected chi connectivity index (χ3v) is 3.12. The largest absolute Gasteiger partial charge is 0.493 e. The van der Waals surface area contributed by atoms with Gasteiger partial charge in [0.2, 0.25) is 0 Å². The first-order valence-electron chi connectivity index (χ1n) is 5.87. The molecule has 0 aliphatic carbocycles. The highest BCUT2D eigenvalue weighted by atomic mass is 16.5. The highest BCUT2D eigenvalue weighted by molar-refractivity contribution is 5.47. The first-order valence-corrected chi connectivity index (χ1v) is 5.87. The van der Waals surface area contributed by atoms with E-state index in [1.807, 2.05) is 18.2 Å². The monoisotopic (exact) mass is 242 g/mol. The van der Waals surface area contributed by atoms with Crippen LogP contribution in [0.25, 0.3) is 0 Å². The second-order valence-corrected chi connectivity index (χ2v) is 4.17. The molecule has 2 heterocycles. The van der Waals surface area contributed by atoms with E-state index in [4.69, 9.17) is 10.6 Å². The van der Waals surface area contributed by atoms with Crippen molar-refractivity contribution in [3.8, 4) is 5.75 Å². The Balaban J connectivity index is 2.05. The molecule has 1 aromatic carbocycles. The molecule has 1 aliphatic rings. The maximum atomic E-state index is 5.69. The minimum absolute atomic E-state index is 0.180. The summed E-state index contributed by atoms with van der Waals surface area (Å²) in [6, 6.07) is 7.78. The van der Waals surface area contributed by atoms with Crippen molar-refractivity contribution in [2.45, 2.75) is 12.5 Å². The van der Waals surface area contributed by atoms with Crippen LogP contribution in [-0.4, -0.2) is 16.6 Å². The lowest BCUT2D eigenvalue weighted by Gasteiger charge is -2.18. The summed E-state index contributed by atoms with van der Waals surface area (Å²) in [5.41, 5.74) is 5.87. The van der Waals surface area contributed by atoms with E-state index in [9.17, 15) is 0 Å². The van der Waals surface area contributed by atoms with E-state index >= 15 is 0 Å². The Bertz CT molecular complexity index is 544. The van der Waals surface area contributed by atoms with E-state index in [-0.39, 0.29) is 6.04 Å². The van der Waals surface area contributed by atoms with E-state index < -0.39 is 0 Å². The number of aromatic nitrogens is 2. The highest BCUT2D eigenvalue weighted by Gasteiger charge is 2.23. The van der Waals surface area contributed by atoms with Gasteiger partial charge in [0.05, 0.1) is 18.3 Å². The molecule has 1 aromatic heterocycles. The molecule has 1 atom stereocenters. The fourth-order valence-corrected chi connectivity index (χ4v) is 2.27. The fraction of sp³-hybridized carbons (Fsp3) is 0.231. The molecular weight excluding hydrogens is 228 g/mol. The maximum Gasteiger partial charge on any atom is 0.127 e. The van der Waals surface area contributed by atoms with Crippen LogP contribution in [0.1, 0.15) is 22.9 Å². The van der Waals surface area contributed by atoms with Crippen LogP contribution in [0.3, 0.4) is 0 Å². The van der Waals surface area contributed by atoms with Crippen molar-refractivity contribution in [1.82, 2.24) is 15.4 Å². The lowest BCUT2D eigenvalue weighted by Crippen LogP contribution is -2.29. The lowest BCUT2D eigenvalue weighted by atomic mass is 10.00. The Morgan fingerprint density at radius 2 is 2.28 bits per heavy atom. The third-order valence-electron chi connectivity index (χ3n) is 3.12. The Morgan fingerprint density at radius 3 is 3.06 bits per heavy atom. The van der Waals surface area contributed by atoms with Gasteiger partial charge in [-0.2, -0.15) is 0 Å². The summed E-state index contributed by atoms with van der Waals surface area (Å²) in [6.45, 7) is 0.730. The molecule has 5 heteroatoms. The lowest BCUT2D eigenvalue weighted by molar-refractivity contribution is 0.350. The second-order valence-electron chi connectivity index (χ2n) is 4.17. The van der Waals surface area contributed by atoms with Crippen LogP contribution < -0.4 is 16.0 Å². The molecule has 0 saturated heterocycles. The van der Waals surface area contributed by atoms with Gasteiger partial charge in [-0.3, -0.25) is 5.84 Å². The van der Waals surface area contributed by atoms with Crippen LogP contribution in [0.4, 0.5) is 0 Å². The van der Waals surface area contributed by atoms with E-state index in [0.29, 0.717) is 0 Å². The number of nitrogens with one attached hydrogen (secondary N) is 1. The maximum absolute atomic E-state index is 5.69. The number of nitrogens with two attached hydrogens (primary N) is 1. The fourth-order valence-electron chi connectivity index (χ4n) is 2.27. The number of ether oxygens (including phenoxy) is 1. The smallest absolute Gasteiger partial charge is 0.127 e. The molecule has 2 aromatic rings. The summed E-state index contributed by atoms with van der Waals surface area (Å²) in [6.07, 6.45) is 4.17. The van der Waals surface area contributed by atoms with E-state index in [0.717, 1.165) is 30.0 Å². The van der Waals surface area contributed by atoms with E-state index in [2.05, 4.69) is 21.5 Å². The number of hydrazine groups is 1. The molecule has 0 bridgehead atoms. The van der Waals surface area contributed by atoms with Crippen molar-refractivity contribution in [3.63, 3.8) is 0 Å². The number of benzene rings is 1. The topological polar surface area (TPSA) is 73.1 Å². The number of rotatable bonds is 3. The molecule has 0 fully saturated rings. The average molecular weight is 242 g/mol. The summed E-state index contributed by atoms with van der Waals surface area (Å²) in [4.78, 5) is 8.16. The molecule has 0 spiro atoms. The molecule has 0 amide bonds. The molecule has 92 valence electrons. The van der Waals surface area contributed by atoms with Gasteiger partial charge < -0.3 is 4.74 Å². The number of para-hydroxylation sites is 1. The normalized spacial score (nSPS) is 14.9. The van der Waals surface area contributed by atoms with Gasteiger partial charge in [-0.25, -0.2) is 15.4 Å². The van der Waals surface area contributed by atoms with Crippen molar-refractivity contribution < 1.29 is 4.74 Å². The third kappa shape index (κ3) is 1.83. The summed E-state index contributed by atoms with van der Waals surface area (Å²) < 4.78 is 5.69. The highest BCUT2D eigenvalue weighted by Crippen LogP contribution is 2.35. The molecular formula is C13H14N4O. The summed E-state index contributed by atoms with van der Waals surface area (Å²) in [7, 11) is 0. The molecule has 1 aliphatic heterocycles. The standard InChI is InChI=1S/C13H14N4O/c14-17-12(11-4-6-15-8-16-11)10-3-1-2-9-5-7-18-13(9)10/h1-4,6,8,12,17H,5,7,14H2. The quantitative estimate of drug-likeness (QED) is 0.619. The molecule has 1 unspecified atom stereocenters. The Hall–Kier alpha value is -1.98.